The van der Waals surface area contributed by atoms with Crippen LogP contribution in [0.2, 0.25) is 0 Å². The standard InChI is InChI=1S/C18H22N6O2/c1-22(2)14-10-23(11-15(14)24-9-8-19-21-24)18(25)16-17(26-3)12-6-4-5-7-13(12)20-16/h4-9,14-15,20H,10-11H2,1-3H3/t14-,15+/m1/s1. The first-order valence-electron chi connectivity index (χ1n) is 8.56. The predicted octanol–water partition coefficient (Wildman–Crippen LogP) is 1.40. The molecule has 1 aliphatic heterocycles. The Morgan fingerprint density at radius 2 is 2.12 bits per heavy atom. The fraction of sp³-hybridized carbons (Fsp3) is 0.389. The van der Waals surface area contributed by atoms with Crippen molar-refractivity contribution in [2.24, 2.45) is 0 Å². The highest BCUT2D eigenvalue weighted by Crippen LogP contribution is 2.33. The summed E-state index contributed by atoms with van der Waals surface area (Å²) in [5.41, 5.74) is 1.38. The zero-order chi connectivity index (χ0) is 18.3. The molecule has 0 unspecified atom stereocenters. The fourth-order valence-electron chi connectivity index (χ4n) is 3.73. The van der Waals surface area contributed by atoms with Crippen molar-refractivity contribution in [2.45, 2.75) is 12.1 Å². The highest BCUT2D eigenvalue weighted by atomic mass is 16.5. The van der Waals surface area contributed by atoms with Gasteiger partial charge >= 0.3 is 0 Å². The number of hydrogen-bond acceptors (Lipinski definition) is 5. The molecule has 8 heteroatoms. The Bertz CT molecular complexity index is 917. The largest absolute Gasteiger partial charge is 0.494 e. The molecule has 1 N–H and O–H groups in total. The number of carbonyl (C=O) groups is 1. The number of methoxy groups -OCH3 is 1. The molecule has 1 saturated heterocycles. The molecule has 1 aliphatic rings. The van der Waals surface area contributed by atoms with Gasteiger partial charge in [-0.1, -0.05) is 17.3 Å². The third-order valence-electron chi connectivity index (χ3n) is 5.07. The van der Waals surface area contributed by atoms with Crippen LogP contribution in [-0.2, 0) is 0 Å². The van der Waals surface area contributed by atoms with Crippen molar-refractivity contribution in [1.82, 2.24) is 29.8 Å². The summed E-state index contributed by atoms with van der Waals surface area (Å²) < 4.78 is 7.37. The maximum atomic E-state index is 13.2. The molecule has 2 atom stereocenters. The highest BCUT2D eigenvalue weighted by Gasteiger charge is 2.39. The van der Waals surface area contributed by atoms with Gasteiger partial charge in [0.1, 0.15) is 5.69 Å². The third kappa shape index (κ3) is 2.62. The smallest absolute Gasteiger partial charge is 0.274 e. The van der Waals surface area contributed by atoms with Crippen molar-refractivity contribution in [3.05, 3.63) is 42.4 Å². The van der Waals surface area contributed by atoms with Crippen LogP contribution in [0.15, 0.2) is 36.7 Å². The minimum Gasteiger partial charge on any atom is -0.494 e. The van der Waals surface area contributed by atoms with Crippen LogP contribution in [0.5, 0.6) is 5.75 Å². The molecule has 136 valence electrons. The van der Waals surface area contributed by atoms with Crippen LogP contribution in [0, 0.1) is 0 Å². The summed E-state index contributed by atoms with van der Waals surface area (Å²) in [6, 6.07) is 7.99. The van der Waals surface area contributed by atoms with Crippen molar-refractivity contribution in [2.75, 3.05) is 34.3 Å². The molecule has 0 saturated carbocycles. The Labute approximate surface area is 151 Å². The van der Waals surface area contributed by atoms with E-state index in [2.05, 4.69) is 20.2 Å². The number of benzene rings is 1. The summed E-state index contributed by atoms with van der Waals surface area (Å²) in [4.78, 5) is 20.4. The van der Waals surface area contributed by atoms with E-state index in [4.69, 9.17) is 4.74 Å². The number of aromatic amines is 1. The topological polar surface area (TPSA) is 79.3 Å². The molecule has 3 heterocycles. The van der Waals surface area contributed by atoms with E-state index in [-0.39, 0.29) is 18.0 Å². The van der Waals surface area contributed by atoms with Crippen molar-refractivity contribution in [1.29, 1.82) is 0 Å². The van der Waals surface area contributed by atoms with E-state index >= 15 is 0 Å². The summed E-state index contributed by atoms with van der Waals surface area (Å²) in [5, 5.41) is 8.96. The number of H-pyrrole nitrogens is 1. The second-order valence-corrected chi connectivity index (χ2v) is 6.77. The zero-order valence-corrected chi connectivity index (χ0v) is 15.1. The summed E-state index contributed by atoms with van der Waals surface area (Å²) in [7, 11) is 5.63. The van der Waals surface area contributed by atoms with Crippen LogP contribution < -0.4 is 4.74 Å². The lowest BCUT2D eigenvalue weighted by atomic mass is 10.1. The number of ether oxygens (including phenoxy) is 1. The average molecular weight is 354 g/mol. The lowest BCUT2D eigenvalue weighted by Gasteiger charge is -2.24. The SMILES string of the molecule is COc1c(C(=O)N2C[C@@H](N(C)C)[C@@H](n3ccnn3)C2)[nH]c2ccccc12. The van der Waals surface area contributed by atoms with Crippen LogP contribution in [0.25, 0.3) is 10.9 Å². The number of hydrogen-bond donors (Lipinski definition) is 1. The predicted molar refractivity (Wildman–Crippen MR) is 97.3 cm³/mol. The Morgan fingerprint density at radius 1 is 1.31 bits per heavy atom. The van der Waals surface area contributed by atoms with Gasteiger partial charge in [0, 0.05) is 30.2 Å². The molecule has 26 heavy (non-hydrogen) atoms. The van der Waals surface area contributed by atoms with Gasteiger partial charge in [-0.3, -0.25) is 4.79 Å². The van der Waals surface area contributed by atoms with Crippen molar-refractivity contribution < 1.29 is 9.53 Å². The van der Waals surface area contributed by atoms with Gasteiger partial charge in [0.25, 0.3) is 5.91 Å². The van der Waals surface area contributed by atoms with Crippen molar-refractivity contribution in [3.8, 4) is 5.75 Å². The second kappa shape index (κ2) is 6.45. The first-order chi connectivity index (χ1) is 12.6. The lowest BCUT2D eigenvalue weighted by molar-refractivity contribution is 0.0773. The number of likely N-dealkylation sites (tertiary alicyclic amines) is 1. The van der Waals surface area contributed by atoms with E-state index < -0.39 is 0 Å². The molecule has 0 spiro atoms. The van der Waals surface area contributed by atoms with Crippen LogP contribution in [0.3, 0.4) is 0 Å². The quantitative estimate of drug-likeness (QED) is 0.766. The number of rotatable bonds is 4. The van der Waals surface area contributed by atoms with Crippen LogP contribution in [-0.4, -0.2) is 76.0 Å². The van der Waals surface area contributed by atoms with Crippen LogP contribution in [0.4, 0.5) is 0 Å². The van der Waals surface area contributed by atoms with E-state index in [9.17, 15) is 4.79 Å². The molecule has 4 rings (SSSR count). The summed E-state index contributed by atoms with van der Waals surface area (Å²) in [6.07, 6.45) is 3.51. The number of amides is 1. The third-order valence-corrected chi connectivity index (χ3v) is 5.07. The minimum atomic E-state index is -0.0625. The molecule has 2 aromatic heterocycles. The van der Waals surface area contributed by atoms with Gasteiger partial charge in [0.2, 0.25) is 0 Å². The summed E-state index contributed by atoms with van der Waals surface area (Å²) in [6.45, 7) is 1.19. The van der Waals surface area contributed by atoms with Gasteiger partial charge in [-0.25, -0.2) is 4.68 Å². The molecule has 1 amide bonds. The van der Waals surface area contributed by atoms with E-state index in [1.807, 2.05) is 54.1 Å². The summed E-state index contributed by atoms with van der Waals surface area (Å²) in [5.74, 6) is 0.531. The monoisotopic (exact) mass is 354 g/mol. The molecule has 1 fully saturated rings. The van der Waals surface area contributed by atoms with Gasteiger partial charge in [-0.05, 0) is 26.2 Å². The van der Waals surface area contributed by atoms with Gasteiger partial charge in [-0.2, -0.15) is 0 Å². The maximum Gasteiger partial charge on any atom is 0.274 e. The highest BCUT2D eigenvalue weighted by molar-refractivity contribution is 6.03. The second-order valence-electron chi connectivity index (χ2n) is 6.77. The number of nitrogens with zero attached hydrogens (tertiary/aromatic N) is 5. The number of likely N-dealkylation sites (N-methyl/N-ethyl adjacent to an activating group) is 1. The molecule has 3 aromatic rings. The molecule has 8 nitrogen and oxygen atoms in total. The Hall–Kier alpha value is -2.87. The first-order valence-corrected chi connectivity index (χ1v) is 8.56. The van der Waals surface area contributed by atoms with E-state index in [1.165, 1.54) is 0 Å². The van der Waals surface area contributed by atoms with Gasteiger partial charge in [0.05, 0.1) is 25.4 Å². The number of carbonyl (C=O) groups excluding carboxylic acids is 1. The van der Waals surface area contributed by atoms with Gasteiger partial charge in [0.15, 0.2) is 5.75 Å². The van der Waals surface area contributed by atoms with E-state index in [0.29, 0.717) is 24.5 Å². The van der Waals surface area contributed by atoms with E-state index in [0.717, 1.165) is 10.9 Å². The lowest BCUT2D eigenvalue weighted by Crippen LogP contribution is -2.37. The first kappa shape index (κ1) is 16.6. The molecule has 0 radical (unpaired) electrons. The number of para-hydroxylation sites is 1. The van der Waals surface area contributed by atoms with Crippen LogP contribution >= 0.6 is 0 Å². The van der Waals surface area contributed by atoms with Gasteiger partial charge in [-0.15, -0.1) is 5.10 Å². The molecule has 0 bridgehead atoms. The fourth-order valence-corrected chi connectivity index (χ4v) is 3.73. The maximum absolute atomic E-state index is 13.2. The number of nitrogens with one attached hydrogen (secondary N) is 1. The number of fused-ring (bicyclic) bond motifs is 1. The zero-order valence-electron chi connectivity index (χ0n) is 15.1. The molecular formula is C18H22N6O2. The van der Waals surface area contributed by atoms with E-state index in [1.54, 1.807) is 13.3 Å². The van der Waals surface area contributed by atoms with Crippen molar-refractivity contribution in [3.63, 3.8) is 0 Å². The minimum absolute atomic E-state index is 0.0619. The number of aromatic nitrogens is 4. The molecule has 1 aromatic carbocycles. The van der Waals surface area contributed by atoms with Crippen molar-refractivity contribution >= 4 is 16.8 Å². The van der Waals surface area contributed by atoms with Crippen LogP contribution in [0.1, 0.15) is 16.5 Å². The Morgan fingerprint density at radius 3 is 2.81 bits per heavy atom. The van der Waals surface area contributed by atoms with Gasteiger partial charge < -0.3 is 19.5 Å². The molecule has 0 aliphatic carbocycles. The molecular weight excluding hydrogens is 332 g/mol. The Balaban J connectivity index is 1.67. The average Bonchev–Trinajstić information content (AvgIpc) is 3.37. The normalized spacial score (nSPS) is 20.2. The summed E-state index contributed by atoms with van der Waals surface area (Å²) >= 11 is 0. The Kier molecular flexibility index (Phi) is 4.12.